The maximum absolute atomic E-state index is 14.7. The van der Waals surface area contributed by atoms with Crippen LogP contribution in [0.2, 0.25) is 0 Å². The van der Waals surface area contributed by atoms with Crippen LogP contribution in [0.1, 0.15) is 29.7 Å². The van der Waals surface area contributed by atoms with Crippen LogP contribution in [0.25, 0.3) is 5.76 Å². The molecule has 3 heterocycles. The van der Waals surface area contributed by atoms with Gasteiger partial charge in [-0.2, -0.15) is 0 Å². The fourth-order valence-corrected chi connectivity index (χ4v) is 4.34. The third-order valence-corrected chi connectivity index (χ3v) is 5.78. The Kier molecular flexibility index (Phi) is 4.92. The van der Waals surface area contributed by atoms with Crippen LogP contribution in [0.3, 0.4) is 0 Å². The maximum Gasteiger partial charge on any atom is 0.300 e. The number of aliphatic hydroxyl groups excluding tert-OH is 1. The molecule has 0 aliphatic carbocycles. The standard InChI is InChI=1S/C25H18F2N2O4/c1-13-9-16-10-14(4-7-20(16)33-13)23(30)21-22(15-3-2-8-28-12-15)29(25(32)24(21)31)19-6-5-17(26)11-18(19)27/h2-8,10-13,22,30H,9H2,1H3/b23-21-. The first-order valence-corrected chi connectivity index (χ1v) is 10.3. The Labute approximate surface area is 187 Å². The Morgan fingerprint density at radius 3 is 2.70 bits per heavy atom. The van der Waals surface area contributed by atoms with E-state index in [0.29, 0.717) is 29.4 Å². The van der Waals surface area contributed by atoms with E-state index in [4.69, 9.17) is 4.74 Å². The first-order chi connectivity index (χ1) is 15.8. The summed E-state index contributed by atoms with van der Waals surface area (Å²) in [5.74, 6) is -3.54. The minimum Gasteiger partial charge on any atom is -0.507 e. The molecule has 5 rings (SSSR count). The number of carbonyl (C=O) groups is 2. The van der Waals surface area contributed by atoms with Gasteiger partial charge in [0.05, 0.1) is 17.3 Å². The van der Waals surface area contributed by atoms with Gasteiger partial charge in [-0.05, 0) is 54.4 Å². The number of hydrogen-bond donors (Lipinski definition) is 1. The Balaban J connectivity index is 1.70. The number of hydrogen-bond acceptors (Lipinski definition) is 5. The largest absolute Gasteiger partial charge is 0.507 e. The lowest BCUT2D eigenvalue weighted by molar-refractivity contribution is -0.132. The summed E-state index contributed by atoms with van der Waals surface area (Å²) < 4.78 is 33.9. The molecule has 166 valence electrons. The van der Waals surface area contributed by atoms with Crippen molar-refractivity contribution in [1.82, 2.24) is 4.98 Å². The number of benzene rings is 2. The molecule has 6 nitrogen and oxygen atoms in total. The van der Waals surface area contributed by atoms with Gasteiger partial charge in [0.2, 0.25) is 0 Å². The molecule has 2 aliphatic rings. The fraction of sp³-hybridized carbons (Fsp3) is 0.160. The minimum absolute atomic E-state index is 0.0141. The van der Waals surface area contributed by atoms with Gasteiger partial charge < -0.3 is 9.84 Å². The van der Waals surface area contributed by atoms with Crippen molar-refractivity contribution in [3.05, 3.63) is 94.8 Å². The Morgan fingerprint density at radius 1 is 1.15 bits per heavy atom. The van der Waals surface area contributed by atoms with E-state index in [1.54, 1.807) is 30.3 Å². The van der Waals surface area contributed by atoms with E-state index in [-0.39, 0.29) is 17.4 Å². The molecule has 2 unspecified atom stereocenters. The lowest BCUT2D eigenvalue weighted by atomic mass is 9.95. The van der Waals surface area contributed by atoms with Crippen molar-refractivity contribution in [3.63, 3.8) is 0 Å². The van der Waals surface area contributed by atoms with Crippen LogP contribution < -0.4 is 9.64 Å². The highest BCUT2D eigenvalue weighted by molar-refractivity contribution is 6.51. The maximum atomic E-state index is 14.7. The molecule has 33 heavy (non-hydrogen) atoms. The first-order valence-electron chi connectivity index (χ1n) is 10.3. The van der Waals surface area contributed by atoms with Gasteiger partial charge in [0.15, 0.2) is 0 Å². The van der Waals surface area contributed by atoms with Gasteiger partial charge in [0.1, 0.15) is 29.2 Å². The van der Waals surface area contributed by atoms with Crippen molar-refractivity contribution < 1.29 is 28.2 Å². The van der Waals surface area contributed by atoms with Crippen LogP contribution in [0.15, 0.2) is 66.5 Å². The van der Waals surface area contributed by atoms with Gasteiger partial charge in [0, 0.05) is 30.4 Å². The predicted molar refractivity (Wildman–Crippen MR) is 116 cm³/mol. The third kappa shape index (κ3) is 3.44. The van der Waals surface area contributed by atoms with Crippen molar-refractivity contribution in [2.24, 2.45) is 0 Å². The second-order valence-corrected chi connectivity index (χ2v) is 8.01. The van der Waals surface area contributed by atoms with Crippen LogP contribution in [-0.2, 0) is 16.0 Å². The van der Waals surface area contributed by atoms with E-state index in [2.05, 4.69) is 4.98 Å². The van der Waals surface area contributed by atoms with Crippen LogP contribution in [0.5, 0.6) is 5.75 Å². The normalized spacial score (nSPS) is 21.2. The van der Waals surface area contributed by atoms with E-state index >= 15 is 0 Å². The van der Waals surface area contributed by atoms with E-state index < -0.39 is 35.1 Å². The molecule has 8 heteroatoms. The molecule has 1 saturated heterocycles. The van der Waals surface area contributed by atoms with Crippen molar-refractivity contribution in [2.45, 2.75) is 25.5 Å². The summed E-state index contributed by atoms with van der Waals surface area (Å²) in [7, 11) is 0. The summed E-state index contributed by atoms with van der Waals surface area (Å²) in [5, 5.41) is 11.2. The molecule has 1 aromatic heterocycles. The molecule has 1 amide bonds. The number of ketones is 1. The molecular weight excluding hydrogens is 430 g/mol. The van der Waals surface area contributed by atoms with Gasteiger partial charge >= 0.3 is 0 Å². The molecule has 3 aromatic rings. The highest BCUT2D eigenvalue weighted by atomic mass is 19.1. The summed E-state index contributed by atoms with van der Waals surface area (Å²) in [6.45, 7) is 1.92. The number of aliphatic hydroxyl groups is 1. The zero-order valence-corrected chi connectivity index (χ0v) is 17.5. The van der Waals surface area contributed by atoms with Crippen molar-refractivity contribution in [3.8, 4) is 5.75 Å². The van der Waals surface area contributed by atoms with Gasteiger partial charge in [-0.25, -0.2) is 8.78 Å². The summed E-state index contributed by atoms with van der Waals surface area (Å²) in [6.07, 6.45) is 3.56. The number of rotatable bonds is 3. The number of amides is 1. The lowest BCUT2D eigenvalue weighted by Gasteiger charge is -2.25. The SMILES string of the molecule is CC1Cc2cc(/C(O)=C3/C(=O)C(=O)N(c4ccc(F)cc4F)C3c3cccnc3)ccc2O1. The van der Waals surface area contributed by atoms with E-state index in [9.17, 15) is 23.5 Å². The molecule has 1 fully saturated rings. The number of aromatic nitrogens is 1. The predicted octanol–water partition coefficient (Wildman–Crippen LogP) is 4.31. The van der Waals surface area contributed by atoms with Gasteiger partial charge in [-0.1, -0.05) is 6.07 Å². The van der Waals surface area contributed by atoms with Gasteiger partial charge in [0.25, 0.3) is 11.7 Å². The third-order valence-electron chi connectivity index (χ3n) is 5.78. The Bertz CT molecular complexity index is 1320. The summed E-state index contributed by atoms with van der Waals surface area (Å²) in [5.41, 5.74) is 1.10. The average Bonchev–Trinajstić information content (AvgIpc) is 3.30. The molecule has 0 radical (unpaired) electrons. The van der Waals surface area contributed by atoms with Crippen molar-refractivity contribution >= 4 is 23.1 Å². The first kappa shape index (κ1) is 20.8. The number of halogens is 2. The monoisotopic (exact) mass is 448 g/mol. The minimum atomic E-state index is -1.15. The van der Waals surface area contributed by atoms with E-state index in [1.165, 1.54) is 12.4 Å². The molecule has 2 atom stereocenters. The molecule has 2 aromatic carbocycles. The molecule has 0 spiro atoms. The van der Waals surface area contributed by atoms with Crippen LogP contribution in [0, 0.1) is 11.6 Å². The summed E-state index contributed by atoms with van der Waals surface area (Å²) >= 11 is 0. The zero-order chi connectivity index (χ0) is 23.3. The van der Waals surface area contributed by atoms with Crippen molar-refractivity contribution in [2.75, 3.05) is 4.90 Å². The van der Waals surface area contributed by atoms with E-state index in [1.807, 2.05) is 6.92 Å². The molecule has 2 aliphatic heterocycles. The topological polar surface area (TPSA) is 79.7 Å². The number of ether oxygens (including phenoxy) is 1. The zero-order valence-electron chi connectivity index (χ0n) is 17.5. The number of Topliss-reactive ketones (excluding diaryl/α,β-unsaturated/α-hetero) is 1. The smallest absolute Gasteiger partial charge is 0.300 e. The number of carbonyl (C=O) groups excluding carboxylic acids is 2. The van der Waals surface area contributed by atoms with Crippen molar-refractivity contribution in [1.29, 1.82) is 0 Å². The highest BCUT2D eigenvalue weighted by Gasteiger charge is 2.48. The molecule has 0 saturated carbocycles. The van der Waals surface area contributed by atoms with E-state index in [0.717, 1.165) is 22.6 Å². The number of fused-ring (bicyclic) bond motifs is 1. The molecule has 0 bridgehead atoms. The Morgan fingerprint density at radius 2 is 1.97 bits per heavy atom. The summed E-state index contributed by atoms with van der Waals surface area (Å²) in [6, 6.07) is 9.79. The van der Waals surface area contributed by atoms with Crippen LogP contribution >= 0.6 is 0 Å². The van der Waals surface area contributed by atoms with Gasteiger partial charge in [-0.15, -0.1) is 0 Å². The highest BCUT2D eigenvalue weighted by Crippen LogP contribution is 2.43. The number of pyridine rings is 1. The average molecular weight is 448 g/mol. The second-order valence-electron chi connectivity index (χ2n) is 8.01. The molecular formula is C25H18F2N2O4. The number of nitrogens with zero attached hydrogens (tertiary/aromatic N) is 2. The second kappa shape index (κ2) is 7.81. The van der Waals surface area contributed by atoms with Crippen LogP contribution in [0.4, 0.5) is 14.5 Å². The summed E-state index contributed by atoms with van der Waals surface area (Å²) in [4.78, 5) is 31.1. The lowest BCUT2D eigenvalue weighted by Crippen LogP contribution is -2.30. The Hall–Kier alpha value is -4.07. The molecule has 1 N–H and O–H groups in total. The number of anilines is 1. The van der Waals surface area contributed by atoms with Gasteiger partial charge in [-0.3, -0.25) is 19.5 Å². The fourth-order valence-electron chi connectivity index (χ4n) is 4.34. The van der Waals surface area contributed by atoms with Crippen LogP contribution in [-0.4, -0.2) is 27.9 Å². The quantitative estimate of drug-likeness (QED) is 0.367.